The van der Waals surface area contributed by atoms with Crippen LogP contribution in [-0.4, -0.2) is 19.0 Å². The zero-order chi connectivity index (χ0) is 13.5. The minimum atomic E-state index is 0.00127. The summed E-state index contributed by atoms with van der Waals surface area (Å²) in [5.74, 6) is 1.07. The van der Waals surface area contributed by atoms with E-state index < -0.39 is 0 Å². The van der Waals surface area contributed by atoms with Gasteiger partial charge < -0.3 is 11.1 Å². The van der Waals surface area contributed by atoms with E-state index in [1.165, 1.54) is 0 Å². The number of rotatable bonds is 6. The lowest BCUT2D eigenvalue weighted by atomic mass is 9.98. The van der Waals surface area contributed by atoms with Gasteiger partial charge in [-0.05, 0) is 42.5 Å². The first kappa shape index (κ1) is 14.7. The van der Waals surface area contributed by atoms with Gasteiger partial charge in [-0.25, -0.2) is 0 Å². The van der Waals surface area contributed by atoms with Gasteiger partial charge in [-0.15, -0.1) is 0 Å². The average Bonchev–Trinajstić information content (AvgIpc) is 2.36. The topological polar surface area (TPSA) is 55.1 Å². The molecular formula is C15H24N2O. The van der Waals surface area contributed by atoms with Crippen LogP contribution in [0.1, 0.15) is 36.7 Å². The maximum Gasteiger partial charge on any atom is 0.251 e. The lowest BCUT2D eigenvalue weighted by molar-refractivity contribution is 0.0945. The maximum atomic E-state index is 12.0. The third-order valence-corrected chi connectivity index (χ3v) is 3.34. The van der Waals surface area contributed by atoms with E-state index in [9.17, 15) is 4.79 Å². The summed E-state index contributed by atoms with van der Waals surface area (Å²) >= 11 is 0. The summed E-state index contributed by atoms with van der Waals surface area (Å²) in [4.78, 5) is 12.0. The predicted molar refractivity (Wildman–Crippen MR) is 75.5 cm³/mol. The van der Waals surface area contributed by atoms with Gasteiger partial charge in [-0.2, -0.15) is 0 Å². The molecule has 0 saturated heterocycles. The highest BCUT2D eigenvalue weighted by atomic mass is 16.1. The second kappa shape index (κ2) is 7.17. The number of carbonyl (C=O) groups excluding carboxylic acids is 1. The van der Waals surface area contributed by atoms with E-state index in [0.717, 1.165) is 24.1 Å². The van der Waals surface area contributed by atoms with Crippen LogP contribution in [-0.2, 0) is 6.42 Å². The van der Waals surface area contributed by atoms with Crippen molar-refractivity contribution in [1.82, 2.24) is 5.32 Å². The van der Waals surface area contributed by atoms with Crippen molar-refractivity contribution in [2.45, 2.75) is 27.2 Å². The molecule has 1 atom stereocenters. The Kier molecular flexibility index (Phi) is 5.86. The van der Waals surface area contributed by atoms with E-state index in [4.69, 9.17) is 5.73 Å². The molecule has 0 aromatic heterocycles. The van der Waals surface area contributed by atoms with Crippen molar-refractivity contribution >= 4 is 5.91 Å². The number of amides is 1. The Labute approximate surface area is 110 Å². The predicted octanol–water partition coefficient (Wildman–Crippen LogP) is 2.21. The number of hydrogen-bond acceptors (Lipinski definition) is 2. The first-order chi connectivity index (χ1) is 8.54. The molecule has 3 N–H and O–H groups in total. The van der Waals surface area contributed by atoms with E-state index in [0.29, 0.717) is 18.4 Å². The summed E-state index contributed by atoms with van der Waals surface area (Å²) in [7, 11) is 0. The second-order valence-electron chi connectivity index (χ2n) is 5.17. The Morgan fingerprint density at radius 3 is 2.67 bits per heavy atom. The van der Waals surface area contributed by atoms with E-state index in [1.807, 2.05) is 24.3 Å². The maximum absolute atomic E-state index is 12.0. The molecule has 1 aromatic rings. The van der Waals surface area contributed by atoms with E-state index in [2.05, 4.69) is 26.1 Å². The number of benzene rings is 1. The molecule has 3 nitrogen and oxygen atoms in total. The van der Waals surface area contributed by atoms with Crippen molar-refractivity contribution in [2.75, 3.05) is 13.1 Å². The smallest absolute Gasteiger partial charge is 0.251 e. The molecule has 1 rings (SSSR count). The fourth-order valence-electron chi connectivity index (χ4n) is 1.63. The fourth-order valence-corrected chi connectivity index (χ4v) is 1.63. The zero-order valence-corrected chi connectivity index (χ0v) is 11.6. The second-order valence-corrected chi connectivity index (χ2v) is 5.17. The molecule has 1 unspecified atom stereocenters. The Bertz CT molecular complexity index is 388. The average molecular weight is 248 g/mol. The van der Waals surface area contributed by atoms with Crippen LogP contribution >= 0.6 is 0 Å². The lowest BCUT2D eigenvalue weighted by Crippen LogP contribution is -2.30. The molecule has 0 aliphatic heterocycles. The highest BCUT2D eigenvalue weighted by Gasteiger charge is 2.10. The molecule has 0 saturated carbocycles. The first-order valence-electron chi connectivity index (χ1n) is 6.61. The molecule has 0 fully saturated rings. The van der Waals surface area contributed by atoms with Crippen LogP contribution in [0.25, 0.3) is 0 Å². The molecule has 0 aliphatic rings. The van der Waals surface area contributed by atoms with Gasteiger partial charge in [-0.3, -0.25) is 4.79 Å². The Morgan fingerprint density at radius 2 is 2.06 bits per heavy atom. The van der Waals surface area contributed by atoms with Crippen LogP contribution in [0, 0.1) is 11.8 Å². The van der Waals surface area contributed by atoms with Crippen molar-refractivity contribution in [3.05, 3.63) is 35.4 Å². The van der Waals surface area contributed by atoms with E-state index in [-0.39, 0.29) is 5.91 Å². The van der Waals surface area contributed by atoms with Crippen LogP contribution in [0.2, 0.25) is 0 Å². The summed E-state index contributed by atoms with van der Waals surface area (Å²) in [6.07, 6.45) is 0.809. The van der Waals surface area contributed by atoms with E-state index in [1.54, 1.807) is 0 Å². The molecule has 0 bridgehead atoms. The van der Waals surface area contributed by atoms with Crippen molar-refractivity contribution in [3.63, 3.8) is 0 Å². The van der Waals surface area contributed by atoms with Gasteiger partial charge in [0.2, 0.25) is 0 Å². The number of nitrogens with two attached hydrogens (primary N) is 1. The van der Waals surface area contributed by atoms with Crippen LogP contribution in [0.5, 0.6) is 0 Å². The largest absolute Gasteiger partial charge is 0.352 e. The molecule has 1 aromatic carbocycles. The Morgan fingerprint density at radius 1 is 1.33 bits per heavy atom. The van der Waals surface area contributed by atoms with Gasteiger partial charge in [0.1, 0.15) is 0 Å². The SMILES string of the molecule is CC(C)C(C)CNC(=O)c1cccc(CCN)c1. The lowest BCUT2D eigenvalue weighted by Gasteiger charge is -2.16. The quantitative estimate of drug-likeness (QED) is 0.811. The van der Waals surface area contributed by atoms with Crippen molar-refractivity contribution in [2.24, 2.45) is 17.6 Å². The molecule has 1 amide bonds. The molecule has 0 spiro atoms. The molecule has 3 heteroatoms. The Hall–Kier alpha value is -1.35. The zero-order valence-electron chi connectivity index (χ0n) is 11.6. The fraction of sp³-hybridized carbons (Fsp3) is 0.533. The highest BCUT2D eigenvalue weighted by molar-refractivity contribution is 5.94. The van der Waals surface area contributed by atoms with Crippen molar-refractivity contribution < 1.29 is 4.79 Å². The molecule has 0 heterocycles. The summed E-state index contributed by atoms with van der Waals surface area (Å²) in [6.45, 7) is 7.81. The highest BCUT2D eigenvalue weighted by Crippen LogP contribution is 2.09. The van der Waals surface area contributed by atoms with Gasteiger partial charge >= 0.3 is 0 Å². The molecule has 100 valence electrons. The first-order valence-corrected chi connectivity index (χ1v) is 6.61. The Balaban J connectivity index is 2.58. The van der Waals surface area contributed by atoms with Crippen LogP contribution in [0.15, 0.2) is 24.3 Å². The molecule has 0 aliphatic carbocycles. The third kappa shape index (κ3) is 4.49. The number of nitrogens with one attached hydrogen (secondary N) is 1. The van der Waals surface area contributed by atoms with Crippen molar-refractivity contribution in [1.29, 1.82) is 0 Å². The van der Waals surface area contributed by atoms with Crippen LogP contribution in [0.3, 0.4) is 0 Å². The van der Waals surface area contributed by atoms with Gasteiger partial charge in [0.25, 0.3) is 5.91 Å². The number of hydrogen-bond donors (Lipinski definition) is 2. The monoisotopic (exact) mass is 248 g/mol. The molecular weight excluding hydrogens is 224 g/mol. The van der Waals surface area contributed by atoms with Crippen LogP contribution < -0.4 is 11.1 Å². The minimum absolute atomic E-state index is 0.00127. The standard InChI is InChI=1S/C15H24N2O/c1-11(2)12(3)10-17-15(18)14-6-4-5-13(9-14)7-8-16/h4-6,9,11-12H,7-8,10,16H2,1-3H3,(H,17,18). The van der Waals surface area contributed by atoms with E-state index >= 15 is 0 Å². The van der Waals surface area contributed by atoms with Gasteiger partial charge in [0, 0.05) is 12.1 Å². The molecule has 0 radical (unpaired) electrons. The summed E-state index contributed by atoms with van der Waals surface area (Å²) in [5, 5.41) is 2.98. The normalized spacial score (nSPS) is 12.5. The summed E-state index contributed by atoms with van der Waals surface area (Å²) < 4.78 is 0. The van der Waals surface area contributed by atoms with Gasteiger partial charge in [0.05, 0.1) is 0 Å². The number of carbonyl (C=O) groups is 1. The summed E-state index contributed by atoms with van der Waals surface area (Å²) in [5.41, 5.74) is 7.35. The van der Waals surface area contributed by atoms with Gasteiger partial charge in [-0.1, -0.05) is 32.9 Å². The third-order valence-electron chi connectivity index (χ3n) is 3.34. The minimum Gasteiger partial charge on any atom is -0.352 e. The van der Waals surface area contributed by atoms with Crippen LogP contribution in [0.4, 0.5) is 0 Å². The van der Waals surface area contributed by atoms with Gasteiger partial charge in [0.15, 0.2) is 0 Å². The molecule has 18 heavy (non-hydrogen) atoms. The van der Waals surface area contributed by atoms with Crippen molar-refractivity contribution in [3.8, 4) is 0 Å². The summed E-state index contributed by atoms with van der Waals surface area (Å²) in [6, 6.07) is 7.67.